The van der Waals surface area contributed by atoms with Crippen LogP contribution in [0.2, 0.25) is 0 Å². The quantitative estimate of drug-likeness (QED) is 0.846. The molecule has 1 saturated heterocycles. The lowest BCUT2D eigenvalue weighted by molar-refractivity contribution is 0.0787. The van der Waals surface area contributed by atoms with E-state index in [-0.39, 0.29) is 5.91 Å². The zero-order chi connectivity index (χ0) is 15.4. The maximum Gasteiger partial charge on any atom is 0.263 e. The van der Waals surface area contributed by atoms with Crippen LogP contribution in [0, 0.1) is 0 Å². The van der Waals surface area contributed by atoms with Gasteiger partial charge in [-0.15, -0.1) is 11.3 Å². The van der Waals surface area contributed by atoms with Crippen molar-refractivity contribution in [3.05, 3.63) is 21.4 Å². The number of carbonyl (C=O) groups excluding carboxylic acids is 1. The van der Waals surface area contributed by atoms with Gasteiger partial charge in [0.05, 0.1) is 4.88 Å². The summed E-state index contributed by atoms with van der Waals surface area (Å²) in [6.07, 6.45) is 10.2. The van der Waals surface area contributed by atoms with Crippen molar-refractivity contribution in [2.45, 2.75) is 51.4 Å². The van der Waals surface area contributed by atoms with E-state index >= 15 is 0 Å². The lowest BCUT2D eigenvalue weighted by atomic mass is 10.00. The lowest BCUT2D eigenvalue weighted by Gasteiger charge is -2.21. The molecule has 0 aromatic carbocycles. The number of nitrogens with zero attached hydrogens (tertiary/aromatic N) is 2. The molecule has 0 radical (unpaired) electrons. The van der Waals surface area contributed by atoms with Crippen LogP contribution in [0.15, 0.2) is 6.07 Å². The molecule has 1 aromatic heterocycles. The minimum Gasteiger partial charge on any atom is -0.340 e. The molecule has 0 spiro atoms. The molecule has 0 bridgehead atoms. The van der Waals surface area contributed by atoms with E-state index in [9.17, 15) is 4.79 Å². The number of carbonyl (C=O) groups is 1. The van der Waals surface area contributed by atoms with Gasteiger partial charge in [0.2, 0.25) is 0 Å². The highest BCUT2D eigenvalue weighted by Crippen LogP contribution is 2.29. The van der Waals surface area contributed by atoms with Gasteiger partial charge in [0, 0.05) is 25.0 Å². The van der Waals surface area contributed by atoms with Crippen molar-refractivity contribution in [1.82, 2.24) is 9.80 Å². The number of aryl methyl sites for hydroxylation is 2. The number of fused-ring (bicyclic) bond motifs is 1. The maximum absolute atomic E-state index is 12.7. The van der Waals surface area contributed by atoms with E-state index in [0.717, 1.165) is 24.4 Å². The van der Waals surface area contributed by atoms with Crippen molar-refractivity contribution in [3.8, 4) is 0 Å². The third-order valence-corrected chi connectivity index (χ3v) is 6.23. The largest absolute Gasteiger partial charge is 0.340 e. The zero-order valence-electron chi connectivity index (χ0n) is 13.8. The van der Waals surface area contributed by atoms with E-state index in [1.165, 1.54) is 68.5 Å². The number of rotatable bonds is 4. The molecule has 0 unspecified atom stereocenters. The summed E-state index contributed by atoms with van der Waals surface area (Å²) in [6.45, 7) is 4.28. The molecule has 0 atom stereocenters. The van der Waals surface area contributed by atoms with Crippen LogP contribution in [0.5, 0.6) is 0 Å². The topological polar surface area (TPSA) is 23.6 Å². The Morgan fingerprint density at radius 1 is 1.14 bits per heavy atom. The molecule has 4 heteroatoms. The van der Waals surface area contributed by atoms with Crippen molar-refractivity contribution in [2.75, 3.05) is 33.2 Å². The molecule has 1 amide bonds. The maximum atomic E-state index is 12.7. The molecule has 0 saturated carbocycles. The Morgan fingerprint density at radius 2 is 1.86 bits per heavy atom. The number of thiophene rings is 1. The summed E-state index contributed by atoms with van der Waals surface area (Å²) in [7, 11) is 1.95. The van der Waals surface area contributed by atoms with E-state index in [0.29, 0.717) is 0 Å². The second-order valence-corrected chi connectivity index (χ2v) is 7.89. The molecule has 0 N–H and O–H groups in total. The number of likely N-dealkylation sites (tertiary alicyclic amines) is 1. The van der Waals surface area contributed by atoms with Gasteiger partial charge >= 0.3 is 0 Å². The van der Waals surface area contributed by atoms with Gasteiger partial charge in [-0.3, -0.25) is 4.79 Å². The number of likely N-dealkylation sites (N-methyl/N-ethyl adjacent to an activating group) is 1. The Hall–Kier alpha value is -0.870. The molecular formula is C18H28N2OS. The molecule has 1 aliphatic carbocycles. The third-order valence-electron chi connectivity index (χ3n) is 5.00. The lowest BCUT2D eigenvalue weighted by Crippen LogP contribution is -2.34. The molecule has 2 aliphatic rings. The Bertz CT molecular complexity index is 480. The smallest absolute Gasteiger partial charge is 0.263 e. The van der Waals surface area contributed by atoms with Gasteiger partial charge in [-0.25, -0.2) is 0 Å². The summed E-state index contributed by atoms with van der Waals surface area (Å²) in [5.74, 6) is 0.218. The highest BCUT2D eigenvalue weighted by molar-refractivity contribution is 7.14. The van der Waals surface area contributed by atoms with Gasteiger partial charge in [0.1, 0.15) is 0 Å². The van der Waals surface area contributed by atoms with Crippen LogP contribution in [0.3, 0.4) is 0 Å². The van der Waals surface area contributed by atoms with Crippen LogP contribution >= 0.6 is 11.3 Å². The predicted octanol–water partition coefficient (Wildman–Crippen LogP) is 3.57. The molecule has 22 heavy (non-hydrogen) atoms. The van der Waals surface area contributed by atoms with E-state index in [1.54, 1.807) is 11.3 Å². The van der Waals surface area contributed by atoms with Crippen molar-refractivity contribution in [3.63, 3.8) is 0 Å². The van der Waals surface area contributed by atoms with Crippen LogP contribution in [0.4, 0.5) is 0 Å². The normalized spacial score (nSPS) is 19.5. The minimum atomic E-state index is 0.218. The summed E-state index contributed by atoms with van der Waals surface area (Å²) in [4.78, 5) is 19.5. The summed E-state index contributed by atoms with van der Waals surface area (Å²) in [5, 5.41) is 0. The van der Waals surface area contributed by atoms with Crippen LogP contribution in [-0.2, 0) is 12.8 Å². The van der Waals surface area contributed by atoms with Gasteiger partial charge in [0.25, 0.3) is 5.91 Å². The van der Waals surface area contributed by atoms with Crippen LogP contribution in [-0.4, -0.2) is 48.9 Å². The SMILES string of the molecule is CN(CCN1CCCC1)C(=O)c1cc2c(s1)CCCCCC2. The Balaban J connectivity index is 1.59. The summed E-state index contributed by atoms with van der Waals surface area (Å²) in [5.41, 5.74) is 1.45. The van der Waals surface area contributed by atoms with Crippen molar-refractivity contribution in [1.29, 1.82) is 0 Å². The first kappa shape index (κ1) is 16.0. The fourth-order valence-corrected chi connectivity index (χ4v) is 4.79. The molecular weight excluding hydrogens is 292 g/mol. The van der Waals surface area contributed by atoms with Gasteiger partial charge in [-0.1, -0.05) is 12.8 Å². The first-order chi connectivity index (χ1) is 10.7. The molecule has 122 valence electrons. The fourth-order valence-electron chi connectivity index (χ4n) is 3.54. The molecule has 1 aromatic rings. The van der Waals surface area contributed by atoms with Gasteiger partial charge < -0.3 is 9.80 Å². The van der Waals surface area contributed by atoms with E-state index < -0.39 is 0 Å². The molecule has 3 nitrogen and oxygen atoms in total. The average molecular weight is 321 g/mol. The summed E-state index contributed by atoms with van der Waals surface area (Å²) >= 11 is 1.75. The van der Waals surface area contributed by atoms with Crippen LogP contribution in [0.25, 0.3) is 0 Å². The first-order valence-electron chi connectivity index (χ1n) is 8.83. The number of amides is 1. The highest BCUT2D eigenvalue weighted by Gasteiger charge is 2.19. The van der Waals surface area contributed by atoms with Crippen molar-refractivity contribution in [2.24, 2.45) is 0 Å². The Kier molecular flexibility index (Phi) is 5.53. The number of hydrogen-bond acceptors (Lipinski definition) is 3. The van der Waals surface area contributed by atoms with E-state index in [1.807, 2.05) is 11.9 Å². The first-order valence-corrected chi connectivity index (χ1v) is 9.65. The fraction of sp³-hybridized carbons (Fsp3) is 0.722. The van der Waals surface area contributed by atoms with Gasteiger partial charge in [-0.05, 0) is 63.2 Å². The Morgan fingerprint density at radius 3 is 2.64 bits per heavy atom. The zero-order valence-corrected chi connectivity index (χ0v) is 14.6. The standard InChI is InChI=1S/C18H28N2OS/c1-19(12-13-20-10-6-7-11-20)18(21)17-14-15-8-4-2-3-5-9-16(15)22-17/h14H,2-13H2,1H3. The molecule has 1 aliphatic heterocycles. The summed E-state index contributed by atoms with van der Waals surface area (Å²) in [6, 6.07) is 2.18. The highest BCUT2D eigenvalue weighted by atomic mass is 32.1. The van der Waals surface area contributed by atoms with Crippen molar-refractivity contribution >= 4 is 17.2 Å². The second kappa shape index (κ2) is 7.60. The molecule has 1 fully saturated rings. The molecule has 3 rings (SSSR count). The summed E-state index contributed by atoms with van der Waals surface area (Å²) < 4.78 is 0. The van der Waals surface area contributed by atoms with E-state index in [2.05, 4.69) is 11.0 Å². The Labute approximate surface area is 138 Å². The third kappa shape index (κ3) is 3.90. The molecule has 2 heterocycles. The van der Waals surface area contributed by atoms with Crippen LogP contribution < -0.4 is 0 Å². The minimum absolute atomic E-state index is 0.218. The number of hydrogen-bond donors (Lipinski definition) is 0. The van der Waals surface area contributed by atoms with Crippen molar-refractivity contribution < 1.29 is 4.79 Å². The van der Waals surface area contributed by atoms with Crippen LogP contribution in [0.1, 0.15) is 58.6 Å². The van der Waals surface area contributed by atoms with Gasteiger partial charge in [-0.2, -0.15) is 0 Å². The monoisotopic (exact) mass is 320 g/mol. The van der Waals surface area contributed by atoms with E-state index in [4.69, 9.17) is 0 Å². The van der Waals surface area contributed by atoms with Gasteiger partial charge in [0.15, 0.2) is 0 Å². The second-order valence-electron chi connectivity index (χ2n) is 6.75. The predicted molar refractivity (Wildman–Crippen MR) is 92.8 cm³/mol. The average Bonchev–Trinajstić information content (AvgIpc) is 3.14.